The second-order valence-electron chi connectivity index (χ2n) is 4.87. The topological polar surface area (TPSA) is 58.6 Å². The van der Waals surface area contributed by atoms with Crippen molar-refractivity contribution >= 4 is 17.5 Å². The normalized spacial score (nSPS) is 12.6. The number of ether oxygens (including phenoxy) is 1. The Labute approximate surface area is 127 Å². The van der Waals surface area contributed by atoms with Gasteiger partial charge in [-0.2, -0.15) is 8.78 Å². The lowest BCUT2D eigenvalue weighted by molar-refractivity contribution is -0.0501. The van der Waals surface area contributed by atoms with E-state index in [4.69, 9.17) is 11.6 Å². The molecular weight excluding hydrogens is 304 g/mol. The van der Waals surface area contributed by atoms with E-state index in [1.165, 1.54) is 18.2 Å². The van der Waals surface area contributed by atoms with E-state index in [0.717, 1.165) is 0 Å². The van der Waals surface area contributed by atoms with E-state index in [9.17, 15) is 18.7 Å². The van der Waals surface area contributed by atoms with E-state index in [0.29, 0.717) is 6.42 Å². The highest BCUT2D eigenvalue weighted by Crippen LogP contribution is 2.24. The van der Waals surface area contributed by atoms with Crippen LogP contribution in [0.4, 0.5) is 8.78 Å². The van der Waals surface area contributed by atoms with Crippen LogP contribution >= 0.6 is 11.6 Å². The van der Waals surface area contributed by atoms with Crippen LogP contribution in [0.5, 0.6) is 5.75 Å². The lowest BCUT2D eigenvalue weighted by Crippen LogP contribution is -2.29. The first kappa shape index (κ1) is 17.7. The molecule has 2 N–H and O–H groups in total. The number of halogens is 3. The number of hydrogen-bond donors (Lipinski definition) is 2. The molecule has 0 saturated carbocycles. The summed E-state index contributed by atoms with van der Waals surface area (Å²) in [6.45, 7) is 0.912. The van der Waals surface area contributed by atoms with Crippen LogP contribution in [-0.4, -0.2) is 30.3 Å². The average Bonchev–Trinajstić information content (AvgIpc) is 2.39. The molecule has 1 amide bonds. The maximum Gasteiger partial charge on any atom is 0.387 e. The zero-order chi connectivity index (χ0) is 16.0. The Kier molecular flexibility index (Phi) is 6.84. The first-order valence-corrected chi connectivity index (χ1v) is 6.89. The van der Waals surface area contributed by atoms with E-state index in [-0.39, 0.29) is 28.8 Å². The first-order valence-electron chi connectivity index (χ1n) is 6.52. The van der Waals surface area contributed by atoms with Gasteiger partial charge in [-0.15, -0.1) is 0 Å². The van der Waals surface area contributed by atoms with E-state index >= 15 is 0 Å². The number of benzene rings is 1. The number of amides is 1. The molecule has 4 nitrogen and oxygen atoms in total. The summed E-state index contributed by atoms with van der Waals surface area (Å²) >= 11 is 5.76. The third kappa shape index (κ3) is 5.85. The van der Waals surface area contributed by atoms with Crippen molar-refractivity contribution in [2.45, 2.75) is 33.0 Å². The molecule has 0 aliphatic carbocycles. The van der Waals surface area contributed by atoms with E-state index in [1.807, 2.05) is 13.8 Å². The molecule has 1 aromatic rings. The summed E-state index contributed by atoms with van der Waals surface area (Å²) in [7, 11) is 0. The number of hydrogen-bond acceptors (Lipinski definition) is 3. The second kappa shape index (κ2) is 8.14. The maximum atomic E-state index is 12.3. The predicted molar refractivity (Wildman–Crippen MR) is 75.9 cm³/mol. The minimum atomic E-state index is -3.03. The van der Waals surface area contributed by atoms with Crippen LogP contribution in [0.1, 0.15) is 30.6 Å². The van der Waals surface area contributed by atoms with E-state index in [2.05, 4.69) is 10.1 Å². The van der Waals surface area contributed by atoms with Gasteiger partial charge in [0.15, 0.2) is 0 Å². The molecule has 0 heterocycles. The number of aliphatic hydroxyl groups excluding tert-OH is 1. The second-order valence-corrected chi connectivity index (χ2v) is 5.31. The Hall–Kier alpha value is -1.40. The summed E-state index contributed by atoms with van der Waals surface area (Å²) in [5.74, 6) is -0.744. The monoisotopic (exact) mass is 321 g/mol. The molecule has 0 radical (unpaired) electrons. The van der Waals surface area contributed by atoms with Gasteiger partial charge in [-0.05, 0) is 30.5 Å². The molecule has 0 aliphatic rings. The Balaban J connectivity index is 2.70. The molecule has 0 spiro atoms. The Morgan fingerprint density at radius 1 is 1.43 bits per heavy atom. The quantitative estimate of drug-likeness (QED) is 0.811. The van der Waals surface area contributed by atoms with Gasteiger partial charge in [0.05, 0.1) is 11.7 Å². The summed E-state index contributed by atoms with van der Waals surface area (Å²) in [6, 6.07) is 3.83. The third-order valence-corrected chi connectivity index (χ3v) is 3.13. The van der Waals surface area contributed by atoms with Crippen molar-refractivity contribution in [1.29, 1.82) is 0 Å². The fraction of sp³-hybridized carbons (Fsp3) is 0.500. The molecule has 118 valence electrons. The average molecular weight is 322 g/mol. The van der Waals surface area contributed by atoms with Crippen molar-refractivity contribution in [3.8, 4) is 5.75 Å². The number of alkyl halides is 2. The highest BCUT2D eigenvalue weighted by Gasteiger charge is 2.17. The van der Waals surface area contributed by atoms with E-state index in [1.54, 1.807) is 0 Å². The third-order valence-electron chi connectivity index (χ3n) is 2.90. The summed E-state index contributed by atoms with van der Waals surface area (Å²) in [5.41, 5.74) is -0.0677. The van der Waals surface area contributed by atoms with Gasteiger partial charge in [0, 0.05) is 11.6 Å². The van der Waals surface area contributed by atoms with Gasteiger partial charge in [-0.3, -0.25) is 4.79 Å². The van der Waals surface area contributed by atoms with Crippen molar-refractivity contribution < 1.29 is 23.4 Å². The lowest BCUT2D eigenvalue weighted by atomic mass is 10.0. The maximum absolute atomic E-state index is 12.3. The minimum absolute atomic E-state index is 0.0677. The zero-order valence-electron chi connectivity index (χ0n) is 11.8. The van der Waals surface area contributed by atoms with Crippen LogP contribution in [0, 0.1) is 5.92 Å². The molecule has 0 aromatic heterocycles. The first-order chi connectivity index (χ1) is 9.81. The highest BCUT2D eigenvalue weighted by atomic mass is 35.5. The van der Waals surface area contributed by atoms with Crippen molar-refractivity contribution in [2.75, 3.05) is 6.54 Å². The summed E-state index contributed by atoms with van der Waals surface area (Å²) in [6.07, 6.45) is -0.170. The molecular formula is C14H18ClF2NO3. The molecule has 1 aromatic carbocycles. The SMILES string of the molecule is CC(C)C(O)CCNC(=O)c1cc(Cl)ccc1OC(F)F. The zero-order valence-corrected chi connectivity index (χ0v) is 12.5. The minimum Gasteiger partial charge on any atom is -0.434 e. The van der Waals surface area contributed by atoms with Crippen molar-refractivity contribution in [3.63, 3.8) is 0 Å². The van der Waals surface area contributed by atoms with Gasteiger partial charge in [0.1, 0.15) is 5.75 Å². The fourth-order valence-corrected chi connectivity index (χ4v) is 1.81. The number of rotatable bonds is 7. The lowest BCUT2D eigenvalue weighted by Gasteiger charge is -2.15. The predicted octanol–water partition coefficient (Wildman–Crippen LogP) is 3.08. The number of aliphatic hydroxyl groups is 1. The molecule has 1 atom stereocenters. The summed E-state index contributed by atoms with van der Waals surface area (Å²) in [5, 5.41) is 12.4. The standard InChI is InChI=1S/C14H18ClF2NO3/c1-8(2)11(19)5-6-18-13(20)10-7-9(15)3-4-12(10)21-14(16)17/h3-4,7-8,11,14,19H,5-6H2,1-2H3,(H,18,20). The largest absolute Gasteiger partial charge is 0.434 e. The van der Waals surface area contributed by atoms with E-state index < -0.39 is 18.6 Å². The van der Waals surface area contributed by atoms with Crippen molar-refractivity contribution in [1.82, 2.24) is 5.32 Å². The molecule has 0 fully saturated rings. The number of carbonyl (C=O) groups excluding carboxylic acids is 1. The fourth-order valence-electron chi connectivity index (χ4n) is 1.64. The molecule has 0 saturated heterocycles. The van der Waals surface area contributed by atoms with Crippen LogP contribution in [0.25, 0.3) is 0 Å². The molecule has 21 heavy (non-hydrogen) atoms. The smallest absolute Gasteiger partial charge is 0.387 e. The summed E-state index contributed by atoms with van der Waals surface area (Å²) in [4.78, 5) is 12.0. The van der Waals surface area contributed by atoms with Gasteiger partial charge >= 0.3 is 6.61 Å². The van der Waals surface area contributed by atoms with Crippen LogP contribution < -0.4 is 10.1 Å². The van der Waals surface area contributed by atoms with Crippen molar-refractivity contribution in [3.05, 3.63) is 28.8 Å². The molecule has 7 heteroatoms. The van der Waals surface area contributed by atoms with Gasteiger partial charge in [-0.1, -0.05) is 25.4 Å². The summed E-state index contributed by atoms with van der Waals surface area (Å²) < 4.78 is 28.9. The van der Waals surface area contributed by atoms with Crippen molar-refractivity contribution in [2.24, 2.45) is 5.92 Å². The van der Waals surface area contributed by atoms with Gasteiger partial charge < -0.3 is 15.2 Å². The molecule has 0 bridgehead atoms. The van der Waals surface area contributed by atoms with Gasteiger partial charge in [0.25, 0.3) is 5.91 Å². The Morgan fingerprint density at radius 3 is 2.67 bits per heavy atom. The van der Waals surface area contributed by atoms with Gasteiger partial charge in [0.2, 0.25) is 0 Å². The van der Waals surface area contributed by atoms with Crippen LogP contribution in [0.15, 0.2) is 18.2 Å². The molecule has 1 rings (SSSR count). The number of nitrogens with one attached hydrogen (secondary N) is 1. The Bertz CT molecular complexity index is 483. The number of carbonyl (C=O) groups is 1. The van der Waals surface area contributed by atoms with Crippen LogP contribution in [0.3, 0.4) is 0 Å². The van der Waals surface area contributed by atoms with Gasteiger partial charge in [-0.25, -0.2) is 0 Å². The van der Waals surface area contributed by atoms with Crippen LogP contribution in [-0.2, 0) is 0 Å². The highest BCUT2D eigenvalue weighted by molar-refractivity contribution is 6.31. The molecule has 1 unspecified atom stereocenters. The van der Waals surface area contributed by atoms with Crippen LogP contribution in [0.2, 0.25) is 5.02 Å². The molecule has 0 aliphatic heterocycles. The Morgan fingerprint density at radius 2 is 2.10 bits per heavy atom.